The molecule has 488 valence electrons. The fraction of sp³-hybridized carbons (Fsp3) is 0.949. The molecule has 0 spiro atoms. The number of ether oxygens (including phenoxy) is 10. The Hall–Kier alpha value is -1.75. The van der Waals surface area contributed by atoms with Crippen molar-refractivity contribution in [2.75, 3.05) is 26.4 Å². The summed E-state index contributed by atoms with van der Waals surface area (Å²) in [5.74, 6) is -0.892. The monoisotopic (exact) mass is 1220 g/mol. The summed E-state index contributed by atoms with van der Waals surface area (Å²) in [4.78, 5) is 13.4. The third-order valence-corrected chi connectivity index (χ3v) is 23.3. The Kier molecular flexibility index (Phi) is 19.0. The van der Waals surface area contributed by atoms with E-state index in [0.29, 0.717) is 38.5 Å². The zero-order valence-corrected chi connectivity index (χ0v) is 49.8. The van der Waals surface area contributed by atoms with Gasteiger partial charge in [-0.15, -0.1) is 0 Å². The molecule has 9 fully saturated rings. The molecule has 2 unspecified atom stereocenters. The van der Waals surface area contributed by atoms with Crippen LogP contribution in [0, 0.1) is 50.2 Å². The molecular formula is C59H96O26. The molecule has 0 amide bonds. The van der Waals surface area contributed by atoms with E-state index >= 15 is 0 Å². The average Bonchev–Trinajstić information content (AvgIpc) is 0.700. The summed E-state index contributed by atoms with van der Waals surface area (Å²) in [5.41, 5.74) is -1.56. The van der Waals surface area contributed by atoms with Crippen molar-refractivity contribution in [3.63, 3.8) is 0 Å². The number of aliphatic carboxylic acids is 1. The lowest BCUT2D eigenvalue weighted by molar-refractivity contribution is -0.411. The molecule has 0 aromatic rings. The lowest BCUT2D eigenvalue weighted by Crippen LogP contribution is -2.68. The molecule has 5 saturated heterocycles. The summed E-state index contributed by atoms with van der Waals surface area (Å²) in [5, 5.41) is 165. The number of carbonyl (C=O) groups is 1. The van der Waals surface area contributed by atoms with Crippen LogP contribution in [0.5, 0.6) is 0 Å². The first-order valence-electron chi connectivity index (χ1n) is 30.6. The summed E-state index contributed by atoms with van der Waals surface area (Å²) < 4.78 is 63.2. The van der Waals surface area contributed by atoms with E-state index in [-0.39, 0.29) is 40.6 Å². The highest BCUT2D eigenvalue weighted by atomic mass is 16.8. The van der Waals surface area contributed by atoms with Crippen LogP contribution >= 0.6 is 0 Å². The van der Waals surface area contributed by atoms with Gasteiger partial charge in [0.25, 0.3) is 0 Å². The molecule has 15 N–H and O–H groups in total. The van der Waals surface area contributed by atoms with E-state index in [1.165, 1.54) is 19.4 Å². The maximum Gasteiger partial charge on any atom is 0.310 e. The molecule has 0 bridgehead atoms. The molecule has 4 saturated carbocycles. The predicted octanol–water partition coefficient (Wildman–Crippen LogP) is -1.98. The number of allylic oxidation sites excluding steroid dienone is 2. The zero-order chi connectivity index (χ0) is 62.0. The molecule has 10 aliphatic rings. The zero-order valence-electron chi connectivity index (χ0n) is 49.8. The van der Waals surface area contributed by atoms with E-state index in [0.717, 1.165) is 25.7 Å². The fourth-order valence-electron chi connectivity index (χ4n) is 17.7. The van der Waals surface area contributed by atoms with Gasteiger partial charge in [-0.1, -0.05) is 53.2 Å². The van der Waals surface area contributed by atoms with Crippen LogP contribution in [-0.4, -0.2) is 263 Å². The van der Waals surface area contributed by atoms with Crippen LogP contribution in [0.15, 0.2) is 11.6 Å². The van der Waals surface area contributed by atoms with Gasteiger partial charge in [-0.25, -0.2) is 0 Å². The third kappa shape index (κ3) is 11.0. The molecular weight excluding hydrogens is 1120 g/mol. The second kappa shape index (κ2) is 24.4. The smallest absolute Gasteiger partial charge is 0.310 e. The van der Waals surface area contributed by atoms with Crippen molar-refractivity contribution in [1.82, 2.24) is 0 Å². The van der Waals surface area contributed by atoms with E-state index in [4.69, 9.17) is 47.4 Å². The van der Waals surface area contributed by atoms with Crippen molar-refractivity contribution < 1.29 is 129 Å². The molecule has 5 aliphatic heterocycles. The van der Waals surface area contributed by atoms with E-state index in [2.05, 4.69) is 40.7 Å². The Morgan fingerprint density at radius 1 is 0.541 bits per heavy atom. The van der Waals surface area contributed by atoms with Gasteiger partial charge >= 0.3 is 5.97 Å². The maximum atomic E-state index is 13.4. The van der Waals surface area contributed by atoms with Crippen molar-refractivity contribution in [3.05, 3.63) is 11.6 Å². The minimum absolute atomic E-state index is 0.0228. The van der Waals surface area contributed by atoms with Gasteiger partial charge in [0.15, 0.2) is 31.5 Å². The van der Waals surface area contributed by atoms with Crippen LogP contribution < -0.4 is 0 Å². The van der Waals surface area contributed by atoms with Gasteiger partial charge in [-0.05, 0) is 117 Å². The first kappa shape index (κ1) is 66.2. The van der Waals surface area contributed by atoms with Gasteiger partial charge in [0, 0.05) is 5.41 Å². The van der Waals surface area contributed by atoms with E-state index < -0.39 is 196 Å². The summed E-state index contributed by atoms with van der Waals surface area (Å²) >= 11 is 0. The number of hydrogen-bond donors (Lipinski definition) is 15. The van der Waals surface area contributed by atoms with Gasteiger partial charge in [0.05, 0.1) is 50.2 Å². The highest BCUT2D eigenvalue weighted by Crippen LogP contribution is 2.76. The van der Waals surface area contributed by atoms with Crippen molar-refractivity contribution >= 4 is 5.97 Å². The molecule has 0 aromatic heterocycles. The second-order valence-electron chi connectivity index (χ2n) is 28.4. The lowest BCUT2D eigenvalue weighted by atomic mass is 9.33. The van der Waals surface area contributed by atoms with E-state index in [9.17, 15) is 81.4 Å². The maximum absolute atomic E-state index is 13.4. The summed E-state index contributed by atoms with van der Waals surface area (Å²) in [6.07, 6.45) is -33.7. The Morgan fingerprint density at radius 2 is 1.07 bits per heavy atom. The van der Waals surface area contributed by atoms with Gasteiger partial charge in [0.1, 0.15) is 104 Å². The average molecular weight is 1220 g/mol. The van der Waals surface area contributed by atoms with E-state index in [1.807, 2.05) is 6.92 Å². The molecule has 5 heterocycles. The second-order valence-corrected chi connectivity index (χ2v) is 28.4. The first-order chi connectivity index (χ1) is 39.9. The first-order valence-corrected chi connectivity index (χ1v) is 30.6. The SMILES string of the molecule is C[C@@H]1O[C@@H](O[C@H]2[C@H](O[C@H]3[C@H](O[C@H]4CC[C@@]5(C)C(CC[C@]6(C)[C@@H]5CC=C5[C@H]7CC(C)(C)CC[C@]7(C(=O)O)CC[C@]56C)C4(C)CO)OC[C@H](O[C@@H]4O[C@H](CO)[C@@H](O)[C@H](O)[C@H]4O)[C@@H]3O[C@H]3O[C@H](CO)[C@@H](O)[C@H](O)[C@H]3O)O[C@@H](C)[C@H](O)[C@H]2O)[C@H](O)[C@H](O)[C@H]1O. The molecule has 5 aliphatic carbocycles. The number of aliphatic hydroxyl groups is 14. The van der Waals surface area contributed by atoms with Crippen molar-refractivity contribution in [2.24, 2.45) is 50.2 Å². The van der Waals surface area contributed by atoms with E-state index in [1.54, 1.807) is 0 Å². The number of rotatable bonds is 14. The highest BCUT2D eigenvalue weighted by molar-refractivity contribution is 5.76. The minimum atomic E-state index is -2.05. The van der Waals surface area contributed by atoms with Crippen LogP contribution in [0.3, 0.4) is 0 Å². The molecule has 85 heavy (non-hydrogen) atoms. The third-order valence-electron chi connectivity index (χ3n) is 23.3. The Morgan fingerprint density at radius 3 is 1.66 bits per heavy atom. The van der Waals surface area contributed by atoms with Crippen LogP contribution in [0.4, 0.5) is 0 Å². The Balaban J connectivity index is 1.01. The topological polar surface area (TPSA) is 413 Å². The largest absolute Gasteiger partial charge is 0.481 e. The number of carboxylic acid groups (broad SMARTS) is 1. The molecule has 10 rings (SSSR count). The molecule has 33 atom stereocenters. The standard InChI is InChI=1S/C59H96O26/c1-24-34(63)38(67)42(71)48(77-24)84-46-41(70)35(64)25(2)78-52(46)85-47-45(83-50-44(73)40(69)37(66)29(21-61)80-50)30(81-49-43(72)39(68)36(65)28(20-60)79-49)22-76-51(47)82-33-12-13-55(5)31(56(33,6)23-62)11-14-58(8)32(55)10-9-26-27-19-54(3,4)15-17-59(27,53(74)75)18-16-57(26,58)7/h9,24-25,27-52,60-73H,10-23H2,1-8H3,(H,74,75)/t24-,25-,27+,28+,29+,30-,31?,32+,33-,34-,35-,36+,37+,38+,39-,40-,41+,42+,43+,44+,45-,46+,47+,48-,49-,50+,51-,52-,55-,56?,57+,58+,59-/m0/s1. The summed E-state index contributed by atoms with van der Waals surface area (Å²) in [6.45, 7) is 13.6. The molecule has 0 aromatic carbocycles. The number of aliphatic hydroxyl groups excluding tert-OH is 14. The summed E-state index contributed by atoms with van der Waals surface area (Å²) in [6, 6.07) is 0. The molecule has 0 radical (unpaired) electrons. The Labute approximate surface area is 494 Å². The van der Waals surface area contributed by atoms with Crippen molar-refractivity contribution in [1.29, 1.82) is 0 Å². The summed E-state index contributed by atoms with van der Waals surface area (Å²) in [7, 11) is 0. The van der Waals surface area contributed by atoms with Crippen LogP contribution in [0.25, 0.3) is 0 Å². The van der Waals surface area contributed by atoms with Gasteiger partial charge in [-0.3, -0.25) is 4.79 Å². The minimum Gasteiger partial charge on any atom is -0.481 e. The quantitative estimate of drug-likeness (QED) is 0.0662. The number of carboxylic acids is 1. The number of fused-ring (bicyclic) bond motifs is 7. The van der Waals surface area contributed by atoms with Gasteiger partial charge < -0.3 is 124 Å². The van der Waals surface area contributed by atoms with Gasteiger partial charge in [-0.2, -0.15) is 0 Å². The predicted molar refractivity (Wildman–Crippen MR) is 288 cm³/mol. The number of hydrogen-bond acceptors (Lipinski definition) is 25. The fourth-order valence-corrected chi connectivity index (χ4v) is 17.7. The molecule has 26 nitrogen and oxygen atoms in total. The van der Waals surface area contributed by atoms with Crippen LogP contribution in [0.2, 0.25) is 0 Å². The molecule has 26 heteroatoms. The van der Waals surface area contributed by atoms with Crippen LogP contribution in [0.1, 0.15) is 120 Å². The van der Waals surface area contributed by atoms with Gasteiger partial charge in [0.2, 0.25) is 0 Å². The van der Waals surface area contributed by atoms with Crippen molar-refractivity contribution in [2.45, 2.75) is 273 Å². The van der Waals surface area contributed by atoms with Crippen molar-refractivity contribution in [3.8, 4) is 0 Å². The Bertz CT molecular complexity index is 2370. The van der Waals surface area contributed by atoms with Crippen LogP contribution in [-0.2, 0) is 52.2 Å². The lowest BCUT2D eigenvalue weighted by Gasteiger charge is -2.71. The highest BCUT2D eigenvalue weighted by Gasteiger charge is 2.71. The normalized spacial score (nSPS) is 55.3.